The summed E-state index contributed by atoms with van der Waals surface area (Å²) in [5.74, 6) is 1.08. The number of hydrogen-bond acceptors (Lipinski definition) is 3. The quantitative estimate of drug-likeness (QED) is 0.894. The number of benzene rings is 2. The van der Waals surface area contributed by atoms with E-state index in [0.29, 0.717) is 0 Å². The average molecular weight is 265 g/mol. The van der Waals surface area contributed by atoms with Crippen molar-refractivity contribution in [3.05, 3.63) is 36.4 Å². The molecule has 20 heavy (non-hydrogen) atoms. The average Bonchev–Trinajstić information content (AvgIpc) is 2.49. The number of likely N-dealkylation sites (tertiary alicyclic amines) is 1. The number of rotatable bonds is 2. The van der Waals surface area contributed by atoms with E-state index in [1.807, 2.05) is 0 Å². The van der Waals surface area contributed by atoms with Crippen molar-refractivity contribution in [1.29, 1.82) is 0 Å². The minimum Gasteiger partial charge on any atom is -0.342 e. The molecule has 0 saturated carbocycles. The van der Waals surface area contributed by atoms with Crippen LogP contribution in [0.4, 0.5) is 11.4 Å². The van der Waals surface area contributed by atoms with Gasteiger partial charge in [-0.05, 0) is 43.5 Å². The Bertz CT molecular complexity index is 664. The minimum absolute atomic E-state index is 0.935. The maximum Gasteiger partial charge on any atom is 0.121 e. The lowest BCUT2D eigenvalue weighted by atomic mass is 10.1. The number of piperidine rings is 1. The number of hydrogen-bond donors (Lipinski definition) is 1. The molecule has 0 spiro atoms. The lowest BCUT2D eigenvalue weighted by Gasteiger charge is -2.28. The van der Waals surface area contributed by atoms with E-state index in [2.05, 4.69) is 46.6 Å². The highest BCUT2D eigenvalue weighted by Crippen LogP contribution is 2.35. The summed E-state index contributed by atoms with van der Waals surface area (Å²) >= 11 is 0. The molecule has 0 aliphatic carbocycles. The molecule has 3 heteroatoms. The van der Waals surface area contributed by atoms with Crippen LogP contribution < -0.4 is 5.32 Å². The van der Waals surface area contributed by atoms with Crippen molar-refractivity contribution in [2.24, 2.45) is 4.99 Å². The Morgan fingerprint density at radius 1 is 1.00 bits per heavy atom. The Morgan fingerprint density at radius 3 is 2.65 bits per heavy atom. The predicted octanol–water partition coefficient (Wildman–Crippen LogP) is 3.78. The van der Waals surface area contributed by atoms with Gasteiger partial charge in [0.2, 0.25) is 0 Å². The van der Waals surface area contributed by atoms with Gasteiger partial charge in [-0.3, -0.25) is 4.90 Å². The van der Waals surface area contributed by atoms with Crippen molar-refractivity contribution in [3.63, 3.8) is 0 Å². The molecular weight excluding hydrogens is 246 g/mol. The molecule has 2 aliphatic rings. The van der Waals surface area contributed by atoms with E-state index in [0.717, 1.165) is 18.1 Å². The third-order valence-corrected chi connectivity index (χ3v) is 4.24. The maximum absolute atomic E-state index is 4.82. The third kappa shape index (κ3) is 2.08. The molecular formula is C17H19N3. The van der Waals surface area contributed by atoms with Gasteiger partial charge in [-0.1, -0.05) is 30.7 Å². The monoisotopic (exact) mass is 265 g/mol. The lowest BCUT2D eigenvalue weighted by Crippen LogP contribution is -2.37. The highest BCUT2D eigenvalue weighted by molar-refractivity contribution is 6.14. The van der Waals surface area contributed by atoms with Crippen LogP contribution in [0.3, 0.4) is 0 Å². The van der Waals surface area contributed by atoms with Crippen molar-refractivity contribution in [3.8, 4) is 0 Å². The fraction of sp³-hybridized carbons (Fsp3) is 0.353. The number of nitrogens with zero attached hydrogens (tertiary/aromatic N) is 2. The molecule has 0 bridgehead atoms. The normalized spacial score (nSPS) is 18.7. The van der Waals surface area contributed by atoms with Gasteiger partial charge in [-0.2, -0.15) is 0 Å². The number of aliphatic imine (C=N–C) groups is 1. The summed E-state index contributed by atoms with van der Waals surface area (Å²) < 4.78 is 0. The first kappa shape index (κ1) is 11.9. The summed E-state index contributed by atoms with van der Waals surface area (Å²) in [5, 5.41) is 6.02. The molecule has 0 radical (unpaired) electrons. The zero-order valence-electron chi connectivity index (χ0n) is 11.6. The van der Waals surface area contributed by atoms with Gasteiger partial charge in [0.05, 0.1) is 12.2 Å². The van der Waals surface area contributed by atoms with Crippen LogP contribution in [0.25, 0.3) is 10.8 Å². The second-order valence-electron chi connectivity index (χ2n) is 5.70. The number of amidine groups is 1. The number of nitrogens with one attached hydrogen (secondary N) is 1. The molecule has 0 atom stereocenters. The summed E-state index contributed by atoms with van der Waals surface area (Å²) in [6.45, 7) is 3.34. The fourth-order valence-corrected chi connectivity index (χ4v) is 3.25. The highest BCUT2D eigenvalue weighted by atomic mass is 15.2. The molecule has 102 valence electrons. The summed E-state index contributed by atoms with van der Waals surface area (Å²) in [5.41, 5.74) is 2.30. The largest absolute Gasteiger partial charge is 0.342 e. The lowest BCUT2D eigenvalue weighted by molar-refractivity contribution is 0.258. The van der Waals surface area contributed by atoms with Crippen LogP contribution in [-0.2, 0) is 0 Å². The second-order valence-corrected chi connectivity index (χ2v) is 5.70. The smallest absolute Gasteiger partial charge is 0.121 e. The zero-order chi connectivity index (χ0) is 13.4. The van der Waals surface area contributed by atoms with Crippen LogP contribution >= 0.6 is 0 Å². The number of anilines is 1. The minimum atomic E-state index is 0.935. The molecule has 2 aliphatic heterocycles. The van der Waals surface area contributed by atoms with Gasteiger partial charge in [-0.25, -0.2) is 4.99 Å². The van der Waals surface area contributed by atoms with Crippen molar-refractivity contribution in [2.75, 3.05) is 25.0 Å². The van der Waals surface area contributed by atoms with E-state index in [1.54, 1.807) is 0 Å². The molecule has 2 aromatic carbocycles. The van der Waals surface area contributed by atoms with Gasteiger partial charge in [-0.15, -0.1) is 0 Å². The zero-order valence-corrected chi connectivity index (χ0v) is 11.6. The SMILES string of the molecule is c1cc2c3c(cccc3c1)NC(CN1CCCCC1)=N2. The van der Waals surface area contributed by atoms with E-state index in [-0.39, 0.29) is 0 Å². The summed E-state index contributed by atoms with van der Waals surface area (Å²) in [4.78, 5) is 7.32. The Morgan fingerprint density at radius 2 is 1.80 bits per heavy atom. The molecule has 4 rings (SSSR count). The molecule has 0 amide bonds. The van der Waals surface area contributed by atoms with E-state index in [1.165, 1.54) is 48.8 Å². The van der Waals surface area contributed by atoms with E-state index >= 15 is 0 Å². The van der Waals surface area contributed by atoms with Crippen LogP contribution in [0, 0.1) is 0 Å². The molecule has 3 nitrogen and oxygen atoms in total. The molecule has 1 saturated heterocycles. The van der Waals surface area contributed by atoms with Gasteiger partial charge >= 0.3 is 0 Å². The van der Waals surface area contributed by atoms with Gasteiger partial charge in [0, 0.05) is 11.1 Å². The van der Waals surface area contributed by atoms with Gasteiger partial charge in [0.1, 0.15) is 5.84 Å². The molecule has 0 unspecified atom stereocenters. The van der Waals surface area contributed by atoms with Crippen molar-refractivity contribution in [2.45, 2.75) is 19.3 Å². The first-order chi connectivity index (χ1) is 9.90. The Kier molecular flexibility index (Phi) is 2.92. The Balaban J connectivity index is 1.67. The maximum atomic E-state index is 4.82. The molecule has 1 N–H and O–H groups in total. The summed E-state index contributed by atoms with van der Waals surface area (Å²) in [6, 6.07) is 12.8. The second kappa shape index (κ2) is 4.91. The van der Waals surface area contributed by atoms with Crippen molar-refractivity contribution < 1.29 is 0 Å². The third-order valence-electron chi connectivity index (χ3n) is 4.24. The van der Waals surface area contributed by atoms with Crippen LogP contribution in [-0.4, -0.2) is 30.4 Å². The van der Waals surface area contributed by atoms with Crippen molar-refractivity contribution in [1.82, 2.24) is 4.90 Å². The van der Waals surface area contributed by atoms with Crippen LogP contribution in [0.1, 0.15) is 19.3 Å². The first-order valence-corrected chi connectivity index (χ1v) is 7.49. The van der Waals surface area contributed by atoms with Crippen molar-refractivity contribution >= 4 is 28.0 Å². The molecule has 2 aromatic rings. The standard InChI is InChI=1S/C17H19N3/c1-2-10-20(11-3-1)12-16-18-14-8-4-6-13-7-5-9-15(19-16)17(13)14/h4-9H,1-3,10-12H2,(H,18,19). The van der Waals surface area contributed by atoms with Crippen LogP contribution in [0.15, 0.2) is 41.4 Å². The van der Waals surface area contributed by atoms with Crippen LogP contribution in [0.5, 0.6) is 0 Å². The summed E-state index contributed by atoms with van der Waals surface area (Å²) in [6.07, 6.45) is 4.01. The van der Waals surface area contributed by atoms with E-state index in [9.17, 15) is 0 Å². The highest BCUT2D eigenvalue weighted by Gasteiger charge is 2.17. The van der Waals surface area contributed by atoms with Crippen LogP contribution in [0.2, 0.25) is 0 Å². The molecule has 0 aromatic heterocycles. The van der Waals surface area contributed by atoms with Gasteiger partial charge in [0.25, 0.3) is 0 Å². The first-order valence-electron chi connectivity index (χ1n) is 7.49. The Labute approximate surface area is 119 Å². The molecule has 1 fully saturated rings. The Hall–Kier alpha value is -1.87. The van der Waals surface area contributed by atoms with E-state index in [4.69, 9.17) is 4.99 Å². The summed E-state index contributed by atoms with van der Waals surface area (Å²) in [7, 11) is 0. The topological polar surface area (TPSA) is 27.6 Å². The van der Waals surface area contributed by atoms with Gasteiger partial charge < -0.3 is 5.32 Å². The van der Waals surface area contributed by atoms with Gasteiger partial charge in [0.15, 0.2) is 0 Å². The predicted molar refractivity (Wildman–Crippen MR) is 85.0 cm³/mol. The van der Waals surface area contributed by atoms with E-state index < -0.39 is 0 Å². The molecule has 2 heterocycles. The fourth-order valence-electron chi connectivity index (χ4n) is 3.25.